The van der Waals surface area contributed by atoms with Gasteiger partial charge in [0.1, 0.15) is 5.75 Å². The van der Waals surface area contributed by atoms with Crippen LogP contribution in [-0.4, -0.2) is 27.5 Å². The van der Waals surface area contributed by atoms with Gasteiger partial charge in [0.25, 0.3) is 5.91 Å². The smallest absolute Gasteiger partial charge is 0.255 e. The van der Waals surface area contributed by atoms with Gasteiger partial charge in [0.05, 0.1) is 24.2 Å². The number of carbonyl (C=O) groups excluding carboxylic acids is 1. The number of ether oxygens (including phenoxy) is 1. The minimum Gasteiger partial charge on any atom is -0.494 e. The third kappa shape index (κ3) is 4.22. The zero-order chi connectivity index (χ0) is 20.9. The molecule has 3 aromatic carbocycles. The SMILES string of the molecule is CCOc1ccc(NC(=O)c2ccc(-n3nncc3-c3ccc(C)cc3)cc2)cc1. The molecular weight excluding hydrogens is 376 g/mol. The fourth-order valence-corrected chi connectivity index (χ4v) is 3.11. The average molecular weight is 398 g/mol. The number of nitrogens with zero attached hydrogens (tertiary/aromatic N) is 3. The van der Waals surface area contributed by atoms with E-state index in [4.69, 9.17) is 4.74 Å². The van der Waals surface area contributed by atoms with E-state index in [0.717, 1.165) is 22.7 Å². The van der Waals surface area contributed by atoms with Gasteiger partial charge in [0.2, 0.25) is 0 Å². The number of nitrogens with one attached hydrogen (secondary N) is 1. The van der Waals surface area contributed by atoms with E-state index in [1.807, 2.05) is 55.5 Å². The van der Waals surface area contributed by atoms with Crippen molar-refractivity contribution in [1.82, 2.24) is 15.0 Å². The zero-order valence-electron chi connectivity index (χ0n) is 16.9. The van der Waals surface area contributed by atoms with E-state index >= 15 is 0 Å². The lowest BCUT2D eigenvalue weighted by atomic mass is 10.1. The summed E-state index contributed by atoms with van der Waals surface area (Å²) in [5.74, 6) is 0.597. The number of rotatable bonds is 6. The molecule has 1 aromatic heterocycles. The van der Waals surface area contributed by atoms with E-state index in [1.54, 1.807) is 23.0 Å². The molecule has 0 bridgehead atoms. The minimum absolute atomic E-state index is 0.178. The second-order valence-corrected chi connectivity index (χ2v) is 6.86. The average Bonchev–Trinajstić information content (AvgIpc) is 3.26. The number of anilines is 1. The molecule has 0 aliphatic carbocycles. The molecule has 4 aromatic rings. The number of hydrogen-bond donors (Lipinski definition) is 1. The lowest BCUT2D eigenvalue weighted by Crippen LogP contribution is -2.12. The van der Waals surface area contributed by atoms with Crippen LogP contribution in [0.3, 0.4) is 0 Å². The van der Waals surface area contributed by atoms with Crippen LogP contribution in [0.25, 0.3) is 16.9 Å². The molecule has 6 heteroatoms. The molecule has 1 heterocycles. The first-order chi connectivity index (χ1) is 14.6. The number of aromatic nitrogens is 3. The second-order valence-electron chi connectivity index (χ2n) is 6.86. The molecule has 0 aliphatic heterocycles. The Morgan fingerprint density at radius 2 is 1.67 bits per heavy atom. The monoisotopic (exact) mass is 398 g/mol. The molecule has 4 rings (SSSR count). The van der Waals surface area contributed by atoms with Gasteiger partial charge in [-0.3, -0.25) is 4.79 Å². The maximum atomic E-state index is 12.6. The van der Waals surface area contributed by atoms with Crippen molar-refractivity contribution in [3.05, 3.63) is 90.1 Å². The van der Waals surface area contributed by atoms with Crippen molar-refractivity contribution in [1.29, 1.82) is 0 Å². The molecule has 0 spiro atoms. The summed E-state index contributed by atoms with van der Waals surface area (Å²) in [7, 11) is 0. The molecule has 1 amide bonds. The topological polar surface area (TPSA) is 69.0 Å². The molecule has 0 aliphatic rings. The van der Waals surface area contributed by atoms with Crippen LogP contribution in [0.1, 0.15) is 22.8 Å². The lowest BCUT2D eigenvalue weighted by molar-refractivity contribution is 0.102. The first-order valence-electron chi connectivity index (χ1n) is 9.76. The molecule has 0 saturated heterocycles. The zero-order valence-corrected chi connectivity index (χ0v) is 16.9. The highest BCUT2D eigenvalue weighted by Gasteiger charge is 2.11. The molecule has 0 unspecified atom stereocenters. The Bertz CT molecular complexity index is 1130. The van der Waals surface area contributed by atoms with Crippen LogP contribution >= 0.6 is 0 Å². The van der Waals surface area contributed by atoms with Gasteiger partial charge in [-0.15, -0.1) is 5.10 Å². The number of benzene rings is 3. The van der Waals surface area contributed by atoms with Gasteiger partial charge < -0.3 is 10.1 Å². The molecule has 6 nitrogen and oxygen atoms in total. The van der Waals surface area contributed by atoms with Gasteiger partial charge >= 0.3 is 0 Å². The number of amides is 1. The quantitative estimate of drug-likeness (QED) is 0.502. The summed E-state index contributed by atoms with van der Waals surface area (Å²) in [5, 5.41) is 11.2. The van der Waals surface area contributed by atoms with Gasteiger partial charge in [0, 0.05) is 16.8 Å². The molecule has 0 radical (unpaired) electrons. The minimum atomic E-state index is -0.178. The summed E-state index contributed by atoms with van der Waals surface area (Å²) in [4.78, 5) is 12.6. The van der Waals surface area contributed by atoms with E-state index in [-0.39, 0.29) is 5.91 Å². The van der Waals surface area contributed by atoms with Gasteiger partial charge in [-0.2, -0.15) is 0 Å². The van der Waals surface area contributed by atoms with Crippen LogP contribution in [0.2, 0.25) is 0 Å². The molecule has 0 atom stereocenters. The summed E-state index contributed by atoms with van der Waals surface area (Å²) < 4.78 is 7.18. The highest BCUT2D eigenvalue weighted by atomic mass is 16.5. The molecular formula is C24H22N4O2. The first-order valence-corrected chi connectivity index (χ1v) is 9.76. The standard InChI is InChI=1S/C24H22N4O2/c1-3-30-22-14-10-20(11-15-22)26-24(29)19-8-12-21(13-9-19)28-23(16-25-27-28)18-6-4-17(2)5-7-18/h4-16H,3H2,1-2H3,(H,26,29). The summed E-state index contributed by atoms with van der Waals surface area (Å²) in [6, 6.07) is 22.8. The fraction of sp³-hybridized carbons (Fsp3) is 0.125. The van der Waals surface area contributed by atoms with Crippen LogP contribution in [-0.2, 0) is 0 Å². The van der Waals surface area contributed by atoms with Crippen molar-refractivity contribution < 1.29 is 9.53 Å². The van der Waals surface area contributed by atoms with E-state index in [2.05, 4.69) is 34.7 Å². The summed E-state index contributed by atoms with van der Waals surface area (Å²) >= 11 is 0. The highest BCUT2D eigenvalue weighted by Crippen LogP contribution is 2.22. The van der Waals surface area contributed by atoms with Gasteiger partial charge in [-0.05, 0) is 62.4 Å². The predicted molar refractivity (Wildman–Crippen MR) is 117 cm³/mol. The van der Waals surface area contributed by atoms with Crippen molar-refractivity contribution in [3.63, 3.8) is 0 Å². The number of carbonyl (C=O) groups is 1. The Labute approximate surface area is 175 Å². The Balaban J connectivity index is 1.50. The maximum absolute atomic E-state index is 12.6. The van der Waals surface area contributed by atoms with Crippen molar-refractivity contribution in [2.24, 2.45) is 0 Å². The van der Waals surface area contributed by atoms with Crippen molar-refractivity contribution in [2.75, 3.05) is 11.9 Å². The van der Waals surface area contributed by atoms with Crippen LogP contribution in [0.15, 0.2) is 79.0 Å². The predicted octanol–water partition coefficient (Wildman–Crippen LogP) is 4.89. The van der Waals surface area contributed by atoms with E-state index in [9.17, 15) is 4.79 Å². The second kappa shape index (κ2) is 8.61. The highest BCUT2D eigenvalue weighted by molar-refractivity contribution is 6.04. The van der Waals surface area contributed by atoms with Crippen LogP contribution in [0, 0.1) is 6.92 Å². The summed E-state index contributed by atoms with van der Waals surface area (Å²) in [6.07, 6.45) is 1.73. The molecule has 1 N–H and O–H groups in total. The third-order valence-electron chi connectivity index (χ3n) is 4.69. The van der Waals surface area contributed by atoms with E-state index in [1.165, 1.54) is 5.56 Å². The van der Waals surface area contributed by atoms with Crippen LogP contribution < -0.4 is 10.1 Å². The first kappa shape index (κ1) is 19.4. The van der Waals surface area contributed by atoms with Crippen LogP contribution in [0.4, 0.5) is 5.69 Å². The van der Waals surface area contributed by atoms with Crippen LogP contribution in [0.5, 0.6) is 5.75 Å². The van der Waals surface area contributed by atoms with Gasteiger partial charge in [0.15, 0.2) is 0 Å². The molecule has 150 valence electrons. The number of hydrogen-bond acceptors (Lipinski definition) is 4. The summed E-state index contributed by atoms with van der Waals surface area (Å²) in [5.41, 5.74) is 5.22. The lowest BCUT2D eigenvalue weighted by Gasteiger charge is -2.09. The van der Waals surface area contributed by atoms with Gasteiger partial charge in [-0.25, -0.2) is 4.68 Å². The Hall–Kier alpha value is -3.93. The largest absolute Gasteiger partial charge is 0.494 e. The Morgan fingerprint density at radius 3 is 2.33 bits per heavy atom. The van der Waals surface area contributed by atoms with Crippen molar-refractivity contribution >= 4 is 11.6 Å². The molecule has 30 heavy (non-hydrogen) atoms. The van der Waals surface area contributed by atoms with E-state index < -0.39 is 0 Å². The molecule has 0 saturated carbocycles. The number of aryl methyl sites for hydroxylation is 1. The summed E-state index contributed by atoms with van der Waals surface area (Å²) in [6.45, 7) is 4.59. The molecule has 0 fully saturated rings. The fourth-order valence-electron chi connectivity index (χ4n) is 3.11. The maximum Gasteiger partial charge on any atom is 0.255 e. The third-order valence-corrected chi connectivity index (χ3v) is 4.69. The van der Waals surface area contributed by atoms with Crippen molar-refractivity contribution in [2.45, 2.75) is 13.8 Å². The normalized spacial score (nSPS) is 10.6. The Kier molecular flexibility index (Phi) is 5.57. The van der Waals surface area contributed by atoms with Gasteiger partial charge in [-0.1, -0.05) is 35.0 Å². The Morgan fingerprint density at radius 1 is 0.967 bits per heavy atom. The van der Waals surface area contributed by atoms with E-state index in [0.29, 0.717) is 17.9 Å². The van der Waals surface area contributed by atoms with Crippen molar-refractivity contribution in [3.8, 4) is 22.7 Å².